The Bertz CT molecular complexity index is 944. The van der Waals surface area contributed by atoms with E-state index in [-0.39, 0.29) is 5.56 Å². The van der Waals surface area contributed by atoms with E-state index in [0.29, 0.717) is 17.0 Å². The Labute approximate surface area is 145 Å². The predicted octanol–water partition coefficient (Wildman–Crippen LogP) is 3.30. The van der Waals surface area contributed by atoms with Crippen LogP contribution in [-0.2, 0) is 4.74 Å². The minimum Gasteiger partial charge on any atom is -0.497 e. The molecule has 126 valence electrons. The number of pyridine rings is 1. The van der Waals surface area contributed by atoms with Gasteiger partial charge < -0.3 is 9.47 Å². The Morgan fingerprint density at radius 2 is 1.60 bits per heavy atom. The minimum absolute atomic E-state index is 0.00650. The van der Waals surface area contributed by atoms with Crippen LogP contribution in [0, 0.1) is 0 Å². The molecule has 0 saturated carbocycles. The van der Waals surface area contributed by atoms with Gasteiger partial charge in [0.15, 0.2) is 0 Å². The van der Waals surface area contributed by atoms with Gasteiger partial charge in [0, 0.05) is 17.4 Å². The number of ether oxygens (including phenoxy) is 2. The van der Waals surface area contributed by atoms with Gasteiger partial charge in [-0.3, -0.25) is 9.36 Å². The van der Waals surface area contributed by atoms with Gasteiger partial charge in [0.2, 0.25) is 0 Å². The van der Waals surface area contributed by atoms with Gasteiger partial charge in [0.25, 0.3) is 5.56 Å². The first-order valence-electron chi connectivity index (χ1n) is 7.69. The summed E-state index contributed by atoms with van der Waals surface area (Å²) in [6, 6.07) is 18.0. The molecule has 0 spiro atoms. The van der Waals surface area contributed by atoms with E-state index in [2.05, 4.69) is 0 Å². The number of nitrogens with zero attached hydrogens (tertiary/aromatic N) is 1. The highest BCUT2D eigenvalue weighted by Crippen LogP contribution is 2.23. The van der Waals surface area contributed by atoms with Gasteiger partial charge in [-0.15, -0.1) is 0 Å². The van der Waals surface area contributed by atoms with Crippen LogP contribution in [0.25, 0.3) is 16.8 Å². The van der Waals surface area contributed by atoms with E-state index in [1.165, 1.54) is 11.7 Å². The molecule has 0 atom stereocenters. The molecule has 0 N–H and O–H groups in total. The van der Waals surface area contributed by atoms with E-state index >= 15 is 0 Å². The quantitative estimate of drug-likeness (QED) is 0.687. The monoisotopic (exact) mass is 335 g/mol. The van der Waals surface area contributed by atoms with E-state index in [4.69, 9.17) is 9.47 Å². The van der Waals surface area contributed by atoms with Gasteiger partial charge in [-0.05, 0) is 35.9 Å². The summed E-state index contributed by atoms with van der Waals surface area (Å²) in [5, 5.41) is 0. The van der Waals surface area contributed by atoms with Crippen molar-refractivity contribution in [1.82, 2.24) is 4.57 Å². The molecule has 5 nitrogen and oxygen atoms in total. The maximum Gasteiger partial charge on any atom is 0.344 e. The average Bonchev–Trinajstić information content (AvgIpc) is 2.68. The molecule has 0 bridgehead atoms. The van der Waals surface area contributed by atoms with Crippen LogP contribution >= 0.6 is 0 Å². The van der Waals surface area contributed by atoms with Crippen molar-refractivity contribution in [2.75, 3.05) is 14.2 Å². The molecule has 0 aliphatic heterocycles. The number of rotatable bonds is 4. The molecule has 1 aromatic heterocycles. The van der Waals surface area contributed by atoms with Crippen LogP contribution < -0.4 is 10.3 Å². The summed E-state index contributed by atoms with van der Waals surface area (Å²) in [6.07, 6.45) is 1.65. The molecular weight excluding hydrogens is 318 g/mol. The van der Waals surface area contributed by atoms with E-state index in [1.54, 1.807) is 43.6 Å². The second-order valence-electron chi connectivity index (χ2n) is 5.34. The van der Waals surface area contributed by atoms with Crippen LogP contribution in [0.1, 0.15) is 10.4 Å². The molecule has 0 aliphatic rings. The van der Waals surface area contributed by atoms with Crippen molar-refractivity contribution in [3.8, 4) is 22.6 Å². The van der Waals surface area contributed by atoms with Gasteiger partial charge in [0.1, 0.15) is 11.3 Å². The number of hydrogen-bond donors (Lipinski definition) is 0. The number of hydrogen-bond acceptors (Lipinski definition) is 4. The number of carbonyl (C=O) groups excluding carboxylic acids is 1. The van der Waals surface area contributed by atoms with Crippen molar-refractivity contribution in [2.24, 2.45) is 0 Å². The van der Waals surface area contributed by atoms with E-state index in [1.807, 2.05) is 30.3 Å². The first-order valence-corrected chi connectivity index (χ1v) is 7.69. The molecule has 0 aliphatic carbocycles. The summed E-state index contributed by atoms with van der Waals surface area (Å²) in [5.74, 6) is 0.0256. The van der Waals surface area contributed by atoms with Crippen molar-refractivity contribution in [3.05, 3.63) is 82.8 Å². The number of esters is 1. The molecule has 5 heteroatoms. The summed E-state index contributed by atoms with van der Waals surface area (Å²) < 4.78 is 11.4. The highest BCUT2D eigenvalue weighted by atomic mass is 16.5. The molecule has 0 unspecified atom stereocenters. The zero-order valence-corrected chi connectivity index (χ0v) is 13.9. The fourth-order valence-corrected chi connectivity index (χ4v) is 2.64. The topological polar surface area (TPSA) is 57.5 Å². The first-order chi connectivity index (χ1) is 12.2. The van der Waals surface area contributed by atoms with Crippen LogP contribution in [0.15, 0.2) is 71.7 Å². The number of benzene rings is 2. The first kappa shape index (κ1) is 16.5. The van der Waals surface area contributed by atoms with Crippen molar-refractivity contribution in [3.63, 3.8) is 0 Å². The Morgan fingerprint density at radius 3 is 2.20 bits per heavy atom. The molecule has 0 radical (unpaired) electrons. The largest absolute Gasteiger partial charge is 0.497 e. The third kappa shape index (κ3) is 3.17. The lowest BCUT2D eigenvalue weighted by atomic mass is 10.0. The fourth-order valence-electron chi connectivity index (χ4n) is 2.64. The standard InChI is InChI=1S/C20H17NO4/c1-24-16-10-8-15(9-11-16)21-13-12-17(14-6-4-3-5-7-14)18(19(21)22)20(23)25-2/h3-13H,1-2H3. The van der Waals surface area contributed by atoms with Gasteiger partial charge in [-0.25, -0.2) is 4.79 Å². The second kappa shape index (κ2) is 7.05. The lowest BCUT2D eigenvalue weighted by molar-refractivity contribution is 0.0599. The van der Waals surface area contributed by atoms with Crippen LogP contribution in [-0.4, -0.2) is 24.8 Å². The Kier molecular flexibility index (Phi) is 4.66. The van der Waals surface area contributed by atoms with Gasteiger partial charge in [-0.1, -0.05) is 30.3 Å². The zero-order chi connectivity index (χ0) is 17.8. The van der Waals surface area contributed by atoms with E-state index in [9.17, 15) is 9.59 Å². The summed E-state index contributed by atoms with van der Waals surface area (Å²) in [5.41, 5.74) is 1.53. The van der Waals surface area contributed by atoms with Gasteiger partial charge in [-0.2, -0.15) is 0 Å². The third-order valence-electron chi connectivity index (χ3n) is 3.92. The van der Waals surface area contributed by atoms with Gasteiger partial charge >= 0.3 is 5.97 Å². The lowest BCUT2D eigenvalue weighted by Crippen LogP contribution is -2.26. The maximum absolute atomic E-state index is 12.9. The zero-order valence-electron chi connectivity index (χ0n) is 13.9. The summed E-state index contributed by atoms with van der Waals surface area (Å²) in [6.45, 7) is 0. The SMILES string of the molecule is COC(=O)c1c(-c2ccccc2)ccn(-c2ccc(OC)cc2)c1=O. The van der Waals surface area contributed by atoms with Crippen LogP contribution in [0.4, 0.5) is 0 Å². The van der Waals surface area contributed by atoms with Crippen LogP contribution in [0.3, 0.4) is 0 Å². The minimum atomic E-state index is -0.660. The highest BCUT2D eigenvalue weighted by molar-refractivity contribution is 5.96. The summed E-state index contributed by atoms with van der Waals surface area (Å²) >= 11 is 0. The van der Waals surface area contributed by atoms with Crippen molar-refractivity contribution in [1.29, 1.82) is 0 Å². The molecule has 0 amide bonds. The van der Waals surface area contributed by atoms with Crippen molar-refractivity contribution in [2.45, 2.75) is 0 Å². The highest BCUT2D eigenvalue weighted by Gasteiger charge is 2.20. The van der Waals surface area contributed by atoms with Crippen molar-refractivity contribution < 1.29 is 14.3 Å². The molecule has 0 saturated heterocycles. The third-order valence-corrected chi connectivity index (χ3v) is 3.92. The maximum atomic E-state index is 12.9. The molecule has 1 heterocycles. The van der Waals surface area contributed by atoms with Crippen LogP contribution in [0.2, 0.25) is 0 Å². The van der Waals surface area contributed by atoms with E-state index < -0.39 is 11.5 Å². The Balaban J connectivity index is 2.20. The lowest BCUT2D eigenvalue weighted by Gasteiger charge is -2.12. The average molecular weight is 335 g/mol. The Morgan fingerprint density at radius 1 is 0.920 bits per heavy atom. The summed E-state index contributed by atoms with van der Waals surface area (Å²) in [7, 11) is 2.84. The van der Waals surface area contributed by atoms with E-state index in [0.717, 1.165) is 5.56 Å². The fraction of sp³-hybridized carbons (Fsp3) is 0.100. The number of carbonyl (C=O) groups is 1. The molecule has 3 rings (SSSR count). The summed E-state index contributed by atoms with van der Waals surface area (Å²) in [4.78, 5) is 25.2. The van der Waals surface area contributed by atoms with Crippen LogP contribution in [0.5, 0.6) is 5.75 Å². The molecular formula is C20H17NO4. The predicted molar refractivity (Wildman–Crippen MR) is 95.4 cm³/mol. The molecule has 25 heavy (non-hydrogen) atoms. The van der Waals surface area contributed by atoms with Crippen molar-refractivity contribution >= 4 is 5.97 Å². The molecule has 0 fully saturated rings. The number of methoxy groups -OCH3 is 2. The molecule has 2 aromatic carbocycles. The molecule has 3 aromatic rings. The number of aromatic nitrogens is 1. The smallest absolute Gasteiger partial charge is 0.344 e. The van der Waals surface area contributed by atoms with Gasteiger partial charge in [0.05, 0.1) is 14.2 Å². The normalized spacial score (nSPS) is 10.3. The second-order valence-corrected chi connectivity index (χ2v) is 5.34. The Hall–Kier alpha value is -3.34.